The first-order valence-electron chi connectivity index (χ1n) is 5.34. The maximum atomic E-state index is 13.6. The molecule has 0 unspecified atom stereocenters. The van der Waals surface area contributed by atoms with Crippen molar-refractivity contribution in [2.24, 2.45) is 5.41 Å². The molecule has 17 heavy (non-hydrogen) atoms. The molecule has 1 aromatic carbocycles. The Labute approximate surface area is 100 Å². The van der Waals surface area contributed by atoms with Crippen LogP contribution in [-0.4, -0.2) is 11.7 Å². The van der Waals surface area contributed by atoms with E-state index in [4.69, 9.17) is 0 Å². The van der Waals surface area contributed by atoms with Crippen LogP contribution in [0.25, 0.3) is 0 Å². The number of para-hydroxylation sites is 1. The fraction of sp³-hybridized carbons (Fsp3) is 0.385. The van der Waals surface area contributed by atoms with Crippen molar-refractivity contribution < 1.29 is 14.0 Å². The summed E-state index contributed by atoms with van der Waals surface area (Å²) in [5.74, 6) is -1.21. The summed E-state index contributed by atoms with van der Waals surface area (Å²) < 4.78 is 13.6. The standard InChI is InChI=1S/C13H16FNO2/c1-8(16)9-6-5-7-10(14)11(9)15-12(17)13(2,3)4/h5-7H,1-4H3,(H,15,17). The zero-order valence-corrected chi connectivity index (χ0v) is 10.4. The molecule has 1 rings (SSSR count). The van der Waals surface area contributed by atoms with Gasteiger partial charge in [0, 0.05) is 11.0 Å². The number of ketones is 1. The summed E-state index contributed by atoms with van der Waals surface area (Å²) in [6.45, 7) is 6.49. The van der Waals surface area contributed by atoms with E-state index in [1.807, 2.05) is 0 Å². The Bertz CT molecular complexity index is 461. The topological polar surface area (TPSA) is 46.2 Å². The van der Waals surface area contributed by atoms with Crippen molar-refractivity contribution in [3.8, 4) is 0 Å². The molecule has 0 radical (unpaired) electrons. The average molecular weight is 237 g/mol. The van der Waals surface area contributed by atoms with E-state index in [9.17, 15) is 14.0 Å². The van der Waals surface area contributed by atoms with Crippen LogP contribution in [0.2, 0.25) is 0 Å². The lowest BCUT2D eigenvalue weighted by atomic mass is 9.95. The van der Waals surface area contributed by atoms with E-state index in [-0.39, 0.29) is 22.9 Å². The number of rotatable bonds is 2. The van der Waals surface area contributed by atoms with Gasteiger partial charge in [-0.05, 0) is 19.1 Å². The third-order valence-corrected chi connectivity index (χ3v) is 2.31. The predicted molar refractivity (Wildman–Crippen MR) is 64.5 cm³/mol. The molecule has 4 heteroatoms. The second-order valence-electron chi connectivity index (χ2n) is 4.92. The van der Waals surface area contributed by atoms with Crippen molar-refractivity contribution in [1.82, 2.24) is 0 Å². The second kappa shape index (κ2) is 4.65. The van der Waals surface area contributed by atoms with Gasteiger partial charge in [0.25, 0.3) is 0 Å². The van der Waals surface area contributed by atoms with Gasteiger partial charge in [-0.2, -0.15) is 0 Å². The van der Waals surface area contributed by atoms with E-state index in [0.717, 1.165) is 0 Å². The van der Waals surface area contributed by atoms with E-state index in [0.29, 0.717) is 0 Å². The average Bonchev–Trinajstić information content (AvgIpc) is 2.18. The Hall–Kier alpha value is -1.71. The zero-order chi connectivity index (χ0) is 13.2. The molecule has 3 nitrogen and oxygen atoms in total. The number of hydrogen-bond donors (Lipinski definition) is 1. The third-order valence-electron chi connectivity index (χ3n) is 2.31. The fourth-order valence-corrected chi connectivity index (χ4v) is 1.25. The Balaban J connectivity index is 3.14. The summed E-state index contributed by atoms with van der Waals surface area (Å²) in [7, 11) is 0. The molecule has 0 atom stereocenters. The van der Waals surface area contributed by atoms with Crippen molar-refractivity contribution >= 4 is 17.4 Å². The molecule has 0 aliphatic rings. The smallest absolute Gasteiger partial charge is 0.229 e. The lowest BCUT2D eigenvalue weighted by Gasteiger charge is -2.19. The molecule has 0 fully saturated rings. The molecule has 0 saturated heterocycles. The number of hydrogen-bond acceptors (Lipinski definition) is 2. The highest BCUT2D eigenvalue weighted by molar-refractivity contribution is 6.04. The van der Waals surface area contributed by atoms with Gasteiger partial charge >= 0.3 is 0 Å². The first-order valence-corrected chi connectivity index (χ1v) is 5.34. The van der Waals surface area contributed by atoms with Crippen molar-refractivity contribution in [3.05, 3.63) is 29.6 Å². The van der Waals surface area contributed by atoms with Crippen LogP contribution in [0.1, 0.15) is 38.1 Å². The van der Waals surface area contributed by atoms with Crippen LogP contribution in [0.5, 0.6) is 0 Å². The first-order chi connectivity index (χ1) is 7.73. The molecule has 1 amide bonds. The monoisotopic (exact) mass is 237 g/mol. The maximum absolute atomic E-state index is 13.6. The zero-order valence-electron chi connectivity index (χ0n) is 10.4. The number of halogens is 1. The van der Waals surface area contributed by atoms with Crippen LogP contribution < -0.4 is 5.32 Å². The number of anilines is 1. The molecular formula is C13H16FNO2. The van der Waals surface area contributed by atoms with Gasteiger partial charge in [0.2, 0.25) is 5.91 Å². The lowest BCUT2D eigenvalue weighted by molar-refractivity contribution is -0.123. The van der Waals surface area contributed by atoms with Crippen LogP contribution in [0, 0.1) is 11.2 Å². The van der Waals surface area contributed by atoms with Gasteiger partial charge in [-0.3, -0.25) is 9.59 Å². The summed E-state index contributed by atoms with van der Waals surface area (Å²) in [5, 5.41) is 2.47. The summed E-state index contributed by atoms with van der Waals surface area (Å²) >= 11 is 0. The molecular weight excluding hydrogens is 221 g/mol. The third kappa shape index (κ3) is 3.12. The van der Waals surface area contributed by atoms with Gasteiger partial charge in [-0.1, -0.05) is 26.8 Å². The van der Waals surface area contributed by atoms with E-state index in [2.05, 4.69) is 5.32 Å². The van der Waals surface area contributed by atoms with Crippen LogP contribution in [0.15, 0.2) is 18.2 Å². The normalized spacial score (nSPS) is 11.1. The summed E-state index contributed by atoms with van der Waals surface area (Å²) in [5.41, 5.74) is -0.501. The minimum absolute atomic E-state index is 0.0417. The molecule has 0 aliphatic carbocycles. The van der Waals surface area contributed by atoms with Crippen molar-refractivity contribution in [1.29, 1.82) is 0 Å². The van der Waals surface area contributed by atoms with Gasteiger partial charge < -0.3 is 5.32 Å². The summed E-state index contributed by atoms with van der Waals surface area (Å²) in [4.78, 5) is 23.1. The maximum Gasteiger partial charge on any atom is 0.229 e. The lowest BCUT2D eigenvalue weighted by Crippen LogP contribution is -2.28. The molecule has 0 aromatic heterocycles. The van der Waals surface area contributed by atoms with Gasteiger partial charge in [0.1, 0.15) is 5.82 Å². The first kappa shape index (κ1) is 13.4. The summed E-state index contributed by atoms with van der Waals surface area (Å²) in [6.07, 6.45) is 0. The molecule has 0 aliphatic heterocycles. The Morgan fingerprint density at radius 3 is 2.29 bits per heavy atom. The molecule has 0 saturated carbocycles. The molecule has 0 bridgehead atoms. The molecule has 1 aromatic rings. The summed E-state index contributed by atoms with van der Waals surface area (Å²) in [6, 6.07) is 4.15. The number of amides is 1. The van der Waals surface area contributed by atoms with E-state index >= 15 is 0 Å². The highest BCUT2D eigenvalue weighted by Gasteiger charge is 2.24. The Morgan fingerprint density at radius 2 is 1.82 bits per heavy atom. The van der Waals surface area contributed by atoms with Crippen LogP contribution in [0.3, 0.4) is 0 Å². The highest BCUT2D eigenvalue weighted by Crippen LogP contribution is 2.23. The molecule has 0 heterocycles. The minimum atomic E-state index is -0.643. The number of nitrogens with one attached hydrogen (secondary N) is 1. The highest BCUT2D eigenvalue weighted by atomic mass is 19.1. The van der Waals surface area contributed by atoms with Gasteiger partial charge in [-0.15, -0.1) is 0 Å². The van der Waals surface area contributed by atoms with Crippen molar-refractivity contribution in [2.75, 3.05) is 5.32 Å². The SMILES string of the molecule is CC(=O)c1cccc(F)c1NC(=O)C(C)(C)C. The molecule has 1 N–H and O–H groups in total. The van der Waals surface area contributed by atoms with Gasteiger partial charge in [0.05, 0.1) is 5.69 Å². The minimum Gasteiger partial charge on any atom is -0.323 e. The largest absolute Gasteiger partial charge is 0.323 e. The predicted octanol–water partition coefficient (Wildman–Crippen LogP) is 3.01. The van der Waals surface area contributed by atoms with Crippen molar-refractivity contribution in [3.63, 3.8) is 0 Å². The Morgan fingerprint density at radius 1 is 1.24 bits per heavy atom. The van der Waals surface area contributed by atoms with E-state index in [1.54, 1.807) is 20.8 Å². The number of Topliss-reactive ketones (excluding diaryl/α,β-unsaturated/α-hetero) is 1. The van der Waals surface area contributed by atoms with Crippen molar-refractivity contribution in [2.45, 2.75) is 27.7 Å². The second-order valence-corrected chi connectivity index (χ2v) is 4.92. The fourth-order valence-electron chi connectivity index (χ4n) is 1.25. The van der Waals surface area contributed by atoms with Gasteiger partial charge in [-0.25, -0.2) is 4.39 Å². The molecule has 92 valence electrons. The van der Waals surface area contributed by atoms with E-state index in [1.165, 1.54) is 25.1 Å². The Kier molecular flexibility index (Phi) is 3.66. The van der Waals surface area contributed by atoms with Gasteiger partial charge in [0.15, 0.2) is 5.78 Å². The number of carbonyl (C=O) groups excluding carboxylic acids is 2. The quantitative estimate of drug-likeness (QED) is 0.804. The van der Waals surface area contributed by atoms with E-state index < -0.39 is 11.2 Å². The van der Waals surface area contributed by atoms with Crippen LogP contribution >= 0.6 is 0 Å². The van der Waals surface area contributed by atoms with Crippen LogP contribution in [0.4, 0.5) is 10.1 Å². The number of carbonyl (C=O) groups is 2. The molecule has 0 spiro atoms. The number of benzene rings is 1. The van der Waals surface area contributed by atoms with Crippen LogP contribution in [-0.2, 0) is 4.79 Å².